The van der Waals surface area contributed by atoms with Gasteiger partial charge in [0.1, 0.15) is 0 Å². The van der Waals surface area contributed by atoms with Gasteiger partial charge in [0, 0.05) is 55.3 Å². The van der Waals surface area contributed by atoms with Crippen molar-refractivity contribution in [2.24, 2.45) is 9.98 Å². The van der Waals surface area contributed by atoms with Gasteiger partial charge in [-0.05, 0) is 98.5 Å². The van der Waals surface area contributed by atoms with E-state index in [0.29, 0.717) is 11.5 Å². The molecule has 0 fully saturated rings. The van der Waals surface area contributed by atoms with E-state index in [-0.39, 0.29) is 0 Å². The minimum Gasteiger partial charge on any atom is -0.309 e. The summed E-state index contributed by atoms with van der Waals surface area (Å²) in [5, 5.41) is 10.1. The molecule has 0 saturated carbocycles. The van der Waals surface area contributed by atoms with E-state index in [4.69, 9.17) is 16.6 Å². The molecule has 1 aliphatic rings. The van der Waals surface area contributed by atoms with Crippen LogP contribution in [0.3, 0.4) is 0 Å². The molecule has 1 aliphatic heterocycles. The van der Waals surface area contributed by atoms with Gasteiger partial charge in [-0.15, -0.1) is 0 Å². The lowest BCUT2D eigenvalue weighted by Crippen LogP contribution is -2.74. The molecule has 0 radical (unpaired) electrons. The minimum atomic E-state index is -2.74. The van der Waals surface area contributed by atoms with E-state index in [1.807, 2.05) is 0 Å². The fourth-order valence-electron chi connectivity index (χ4n) is 12.2. The standard InChI is InChI=1S/C71H50N4Si/c1-48(50-39-42-57(43-40-50)76(54-25-9-4-10-26-54,55-27-11-5-12-28-55)56-29-13-6-14-30-56)72-71-64-36-18-17-33-60(64)65-45-51(59-32-16-15-31-58(59)49(2)73-71)46-66-63-44-41-53(47-69(63)75(70(65)66)52-23-7-3-8-24-52)74-67-37-21-19-34-61(67)62-35-20-22-38-68(62)74/h3-47H,1H2,2H3. The number of para-hydroxylation sites is 3. The molecule has 0 N–H and O–H groups in total. The quantitative estimate of drug-likeness (QED) is 0.107. The molecular weight excluding hydrogens is 937 g/mol. The Labute approximate surface area is 443 Å². The lowest BCUT2D eigenvalue weighted by atomic mass is 9.89. The smallest absolute Gasteiger partial charge is 0.179 e. The number of hydrogen-bond donors (Lipinski definition) is 0. The number of fused-ring (bicyclic) bond motifs is 13. The summed E-state index contributed by atoms with van der Waals surface area (Å²) in [7, 11) is -2.74. The summed E-state index contributed by atoms with van der Waals surface area (Å²) in [6.45, 7) is 6.80. The SMILES string of the molecule is C=C(N=C1N=C(C)c2ccccc2-c2cc(c3c(c2)c2ccc(-n4c5ccccc5c5ccccc54)cc2n3-c2ccccc2)-c2ccccc21)c1ccc([Si](c2ccccc2)(c2ccccc2)c2ccccc2)cc1. The lowest BCUT2D eigenvalue weighted by Gasteiger charge is -2.34. The van der Waals surface area contributed by atoms with E-state index >= 15 is 0 Å². The summed E-state index contributed by atoms with van der Waals surface area (Å²) in [5.41, 5.74) is 15.6. The second-order valence-electron chi connectivity index (χ2n) is 19.8. The molecular formula is C71H50N4Si. The molecule has 5 heteroatoms. The van der Waals surface area contributed by atoms with Crippen molar-refractivity contribution in [2.75, 3.05) is 0 Å². The fraction of sp³-hybridized carbons (Fsp3) is 0.0141. The molecule has 0 unspecified atom stereocenters. The minimum absolute atomic E-state index is 0.607. The van der Waals surface area contributed by atoms with Crippen LogP contribution < -0.4 is 20.7 Å². The van der Waals surface area contributed by atoms with Gasteiger partial charge in [-0.2, -0.15) is 0 Å². The summed E-state index contributed by atoms with van der Waals surface area (Å²) in [5.74, 6) is 0.607. The lowest BCUT2D eigenvalue weighted by molar-refractivity contribution is 1.15. The molecule has 0 spiro atoms. The van der Waals surface area contributed by atoms with Crippen molar-refractivity contribution >= 4 is 89.7 Å². The largest absolute Gasteiger partial charge is 0.309 e. The molecule has 0 atom stereocenters. The van der Waals surface area contributed by atoms with Crippen LogP contribution >= 0.6 is 0 Å². The van der Waals surface area contributed by atoms with Crippen LogP contribution in [0.25, 0.3) is 82.9 Å². The molecule has 2 aromatic heterocycles. The van der Waals surface area contributed by atoms with Crippen LogP contribution in [0.2, 0.25) is 0 Å². The first-order valence-electron chi connectivity index (χ1n) is 26.0. The molecule has 14 rings (SSSR count). The van der Waals surface area contributed by atoms with E-state index < -0.39 is 8.07 Å². The van der Waals surface area contributed by atoms with Crippen LogP contribution in [-0.4, -0.2) is 28.8 Å². The molecule has 0 aliphatic carbocycles. The highest BCUT2D eigenvalue weighted by Crippen LogP contribution is 2.44. The highest BCUT2D eigenvalue weighted by atomic mass is 28.3. The summed E-state index contributed by atoms with van der Waals surface area (Å²) in [6.07, 6.45) is 0. The summed E-state index contributed by atoms with van der Waals surface area (Å²) < 4.78 is 4.88. The van der Waals surface area contributed by atoms with Gasteiger partial charge in [-0.3, -0.25) is 0 Å². The maximum absolute atomic E-state index is 5.51. The van der Waals surface area contributed by atoms with Crippen molar-refractivity contribution in [3.05, 3.63) is 296 Å². The molecule has 0 saturated heterocycles. The highest BCUT2D eigenvalue weighted by Gasteiger charge is 2.41. The van der Waals surface area contributed by atoms with Crippen molar-refractivity contribution in [1.29, 1.82) is 0 Å². The normalized spacial score (nSPS) is 13.0. The number of aromatic nitrogens is 2. The van der Waals surface area contributed by atoms with Crippen molar-refractivity contribution in [1.82, 2.24) is 9.13 Å². The zero-order chi connectivity index (χ0) is 50.7. The molecule has 0 amide bonds. The van der Waals surface area contributed by atoms with Crippen LogP contribution in [0.4, 0.5) is 0 Å². The Morgan fingerprint density at radius 1 is 0.382 bits per heavy atom. The van der Waals surface area contributed by atoms with Gasteiger partial charge in [0.25, 0.3) is 0 Å². The van der Waals surface area contributed by atoms with Gasteiger partial charge >= 0.3 is 0 Å². The topological polar surface area (TPSA) is 34.6 Å². The van der Waals surface area contributed by atoms with Crippen LogP contribution in [0.15, 0.2) is 290 Å². The fourth-order valence-corrected chi connectivity index (χ4v) is 16.9. The highest BCUT2D eigenvalue weighted by molar-refractivity contribution is 7.19. The molecule has 3 heterocycles. The Morgan fingerprint density at radius 3 is 1.47 bits per heavy atom. The summed E-state index contributed by atoms with van der Waals surface area (Å²) in [6, 6.07) is 99.5. The first-order valence-corrected chi connectivity index (χ1v) is 28.0. The van der Waals surface area contributed by atoms with Gasteiger partial charge in [-0.1, -0.05) is 231 Å². The van der Waals surface area contributed by atoms with Crippen LogP contribution in [0.5, 0.6) is 0 Å². The van der Waals surface area contributed by atoms with Gasteiger partial charge in [-0.25, -0.2) is 9.98 Å². The number of rotatable bonds is 8. The van der Waals surface area contributed by atoms with Gasteiger partial charge < -0.3 is 9.13 Å². The predicted octanol–water partition coefficient (Wildman–Crippen LogP) is 14.8. The number of aliphatic imine (C=N–C) groups is 2. The average Bonchev–Trinajstić information content (AvgIpc) is 4.05. The molecule has 11 aromatic carbocycles. The maximum Gasteiger partial charge on any atom is 0.179 e. The van der Waals surface area contributed by atoms with E-state index in [0.717, 1.165) is 67.1 Å². The van der Waals surface area contributed by atoms with Crippen molar-refractivity contribution < 1.29 is 0 Å². The van der Waals surface area contributed by atoms with E-state index in [1.54, 1.807) is 0 Å². The average molecular weight is 987 g/mol. The molecule has 2 bridgehead atoms. The first kappa shape index (κ1) is 45.0. The van der Waals surface area contributed by atoms with Gasteiger partial charge in [0.05, 0.1) is 27.8 Å². The number of nitrogens with zero attached hydrogens (tertiary/aromatic N) is 4. The van der Waals surface area contributed by atoms with Crippen LogP contribution in [0, 0.1) is 0 Å². The number of hydrogen-bond acceptors (Lipinski definition) is 1. The maximum atomic E-state index is 5.51. The molecule has 4 nitrogen and oxygen atoms in total. The van der Waals surface area contributed by atoms with Gasteiger partial charge in [0.2, 0.25) is 0 Å². The third-order valence-electron chi connectivity index (χ3n) is 15.6. The Hall–Kier alpha value is -9.68. The zero-order valence-electron chi connectivity index (χ0n) is 42.0. The Balaban J connectivity index is 0.977. The van der Waals surface area contributed by atoms with E-state index in [2.05, 4.69) is 289 Å². The third-order valence-corrected chi connectivity index (χ3v) is 20.4. The number of benzene rings is 11. The molecule has 76 heavy (non-hydrogen) atoms. The van der Waals surface area contributed by atoms with E-state index in [9.17, 15) is 0 Å². The van der Waals surface area contributed by atoms with Crippen LogP contribution in [-0.2, 0) is 0 Å². The first-order chi connectivity index (χ1) is 37.5. The van der Waals surface area contributed by atoms with Crippen LogP contribution in [0.1, 0.15) is 23.6 Å². The Bertz CT molecular complexity index is 4300. The second kappa shape index (κ2) is 18.4. The molecule has 13 aromatic rings. The van der Waals surface area contributed by atoms with E-state index in [1.165, 1.54) is 53.3 Å². The second-order valence-corrected chi connectivity index (χ2v) is 23.6. The van der Waals surface area contributed by atoms with Crippen molar-refractivity contribution in [2.45, 2.75) is 6.92 Å². The van der Waals surface area contributed by atoms with Gasteiger partial charge in [0.15, 0.2) is 13.9 Å². The molecule has 358 valence electrons. The predicted molar refractivity (Wildman–Crippen MR) is 324 cm³/mol. The van der Waals surface area contributed by atoms with Crippen molar-refractivity contribution in [3.8, 4) is 33.6 Å². The monoisotopic (exact) mass is 986 g/mol. The van der Waals surface area contributed by atoms with Crippen molar-refractivity contribution in [3.63, 3.8) is 0 Å². The Morgan fingerprint density at radius 2 is 0.868 bits per heavy atom. The number of amidine groups is 1. The third kappa shape index (κ3) is 7.19. The summed E-state index contributed by atoms with van der Waals surface area (Å²) in [4.78, 5) is 11.0. The Kier molecular flexibility index (Phi) is 10.9. The zero-order valence-corrected chi connectivity index (χ0v) is 43.0. The summed E-state index contributed by atoms with van der Waals surface area (Å²) >= 11 is 0.